The predicted octanol–water partition coefficient (Wildman–Crippen LogP) is 2.53. The maximum absolute atomic E-state index is 12.9. The SMILES string of the molecule is CC(C)CC(C)(CN)NC(=O)CCCN(C)S(=O)(=O)c1ccc(F)cc1.Cl. The van der Waals surface area contributed by atoms with E-state index >= 15 is 0 Å². The normalized spacial score (nSPS) is 13.9. The van der Waals surface area contributed by atoms with Crippen molar-refractivity contribution in [3.8, 4) is 0 Å². The zero-order valence-electron chi connectivity index (χ0n) is 16.4. The minimum absolute atomic E-state index is 0. The Kier molecular flexibility index (Phi) is 10.5. The lowest BCUT2D eigenvalue weighted by Gasteiger charge is -2.31. The van der Waals surface area contributed by atoms with Crippen molar-refractivity contribution in [2.24, 2.45) is 11.7 Å². The lowest BCUT2D eigenvalue weighted by atomic mass is 9.90. The molecule has 0 spiro atoms. The number of amides is 1. The molecule has 27 heavy (non-hydrogen) atoms. The first kappa shape index (κ1) is 25.8. The highest BCUT2D eigenvalue weighted by Crippen LogP contribution is 2.17. The summed E-state index contributed by atoms with van der Waals surface area (Å²) in [6.45, 7) is 6.58. The van der Waals surface area contributed by atoms with Crippen molar-refractivity contribution in [1.29, 1.82) is 0 Å². The number of hydrogen-bond acceptors (Lipinski definition) is 4. The number of rotatable bonds is 10. The topological polar surface area (TPSA) is 92.5 Å². The van der Waals surface area contributed by atoms with Crippen molar-refractivity contribution in [2.75, 3.05) is 20.1 Å². The van der Waals surface area contributed by atoms with E-state index < -0.39 is 21.4 Å². The van der Waals surface area contributed by atoms with Crippen LogP contribution in [0.5, 0.6) is 0 Å². The second-order valence-corrected chi connectivity index (χ2v) is 9.34. The lowest BCUT2D eigenvalue weighted by molar-refractivity contribution is -0.123. The Labute approximate surface area is 168 Å². The number of carbonyl (C=O) groups excluding carboxylic acids is 1. The second-order valence-electron chi connectivity index (χ2n) is 7.29. The molecule has 0 aliphatic heterocycles. The second kappa shape index (κ2) is 10.9. The molecule has 156 valence electrons. The quantitative estimate of drug-likeness (QED) is 0.604. The molecule has 0 saturated carbocycles. The molecule has 1 rings (SSSR count). The number of hydrogen-bond donors (Lipinski definition) is 2. The van der Waals surface area contributed by atoms with Crippen LogP contribution in [0.1, 0.15) is 40.0 Å². The zero-order chi connectivity index (χ0) is 20.0. The fraction of sp³-hybridized carbons (Fsp3) is 0.611. The predicted molar refractivity (Wildman–Crippen MR) is 108 cm³/mol. The van der Waals surface area contributed by atoms with E-state index in [-0.39, 0.29) is 36.2 Å². The third kappa shape index (κ3) is 8.13. The highest BCUT2D eigenvalue weighted by Gasteiger charge is 2.26. The summed E-state index contributed by atoms with van der Waals surface area (Å²) in [6.07, 6.45) is 1.36. The molecule has 0 aromatic heterocycles. The molecule has 9 heteroatoms. The first-order chi connectivity index (χ1) is 12.0. The summed E-state index contributed by atoms with van der Waals surface area (Å²) < 4.78 is 38.9. The Morgan fingerprint density at radius 2 is 1.85 bits per heavy atom. The molecule has 0 fully saturated rings. The van der Waals surface area contributed by atoms with Crippen LogP contribution in [0.3, 0.4) is 0 Å². The zero-order valence-corrected chi connectivity index (χ0v) is 18.0. The van der Waals surface area contributed by atoms with Crippen molar-refractivity contribution < 1.29 is 17.6 Å². The standard InChI is InChI=1S/C18H30FN3O3S.ClH/c1-14(2)12-18(3,13-20)21-17(23)6-5-11-22(4)26(24,25)16-9-7-15(19)8-10-16;/h7-10,14H,5-6,11-13,20H2,1-4H3,(H,21,23);1H. The van der Waals surface area contributed by atoms with E-state index in [1.54, 1.807) is 0 Å². The number of nitrogens with one attached hydrogen (secondary N) is 1. The molecule has 1 aromatic carbocycles. The number of sulfonamides is 1. The third-order valence-corrected chi connectivity index (χ3v) is 6.02. The van der Waals surface area contributed by atoms with Crippen molar-refractivity contribution in [1.82, 2.24) is 9.62 Å². The molecular weight excluding hydrogens is 393 g/mol. The van der Waals surface area contributed by atoms with Gasteiger partial charge < -0.3 is 11.1 Å². The molecule has 1 atom stereocenters. The Bertz CT molecular complexity index is 698. The highest BCUT2D eigenvalue weighted by molar-refractivity contribution is 7.89. The summed E-state index contributed by atoms with van der Waals surface area (Å²) in [5.41, 5.74) is 5.32. The highest BCUT2D eigenvalue weighted by atomic mass is 35.5. The van der Waals surface area contributed by atoms with Crippen LogP contribution < -0.4 is 11.1 Å². The fourth-order valence-corrected chi connectivity index (χ4v) is 4.06. The number of carbonyl (C=O) groups is 1. The minimum Gasteiger partial charge on any atom is -0.350 e. The van der Waals surface area contributed by atoms with Crippen LogP contribution in [0.2, 0.25) is 0 Å². The largest absolute Gasteiger partial charge is 0.350 e. The van der Waals surface area contributed by atoms with Gasteiger partial charge in [-0.2, -0.15) is 0 Å². The van der Waals surface area contributed by atoms with E-state index in [0.29, 0.717) is 18.9 Å². The van der Waals surface area contributed by atoms with Gasteiger partial charge >= 0.3 is 0 Å². The maximum atomic E-state index is 12.9. The summed E-state index contributed by atoms with van der Waals surface area (Å²) in [6, 6.07) is 4.67. The molecule has 0 heterocycles. The van der Waals surface area contributed by atoms with Crippen LogP contribution in [-0.4, -0.2) is 44.3 Å². The van der Waals surface area contributed by atoms with E-state index in [2.05, 4.69) is 19.2 Å². The molecule has 1 amide bonds. The third-order valence-electron chi connectivity index (χ3n) is 4.15. The van der Waals surface area contributed by atoms with Crippen LogP contribution in [0, 0.1) is 11.7 Å². The molecular formula is C18H31ClFN3O3S. The molecule has 0 saturated heterocycles. The van der Waals surface area contributed by atoms with Gasteiger partial charge in [0, 0.05) is 32.1 Å². The average molecular weight is 424 g/mol. The monoisotopic (exact) mass is 423 g/mol. The van der Waals surface area contributed by atoms with Gasteiger partial charge in [0.05, 0.1) is 4.90 Å². The van der Waals surface area contributed by atoms with Gasteiger partial charge in [-0.05, 0) is 49.9 Å². The Morgan fingerprint density at radius 3 is 2.33 bits per heavy atom. The van der Waals surface area contributed by atoms with Gasteiger partial charge in [0.25, 0.3) is 0 Å². The molecule has 0 radical (unpaired) electrons. The van der Waals surface area contributed by atoms with Crippen LogP contribution >= 0.6 is 12.4 Å². The molecule has 3 N–H and O–H groups in total. The number of halogens is 2. The minimum atomic E-state index is -3.69. The number of nitrogens with zero attached hydrogens (tertiary/aromatic N) is 1. The molecule has 0 aliphatic rings. The summed E-state index contributed by atoms with van der Waals surface area (Å²) >= 11 is 0. The summed E-state index contributed by atoms with van der Waals surface area (Å²) in [5.74, 6) is -0.241. The first-order valence-corrected chi connectivity index (χ1v) is 10.2. The van der Waals surface area contributed by atoms with Crippen molar-refractivity contribution in [3.63, 3.8) is 0 Å². The van der Waals surface area contributed by atoms with Gasteiger partial charge in [-0.3, -0.25) is 4.79 Å². The van der Waals surface area contributed by atoms with Gasteiger partial charge in [0.1, 0.15) is 5.82 Å². The molecule has 1 aromatic rings. The Balaban J connectivity index is 0.00000676. The molecule has 6 nitrogen and oxygen atoms in total. The molecule has 1 unspecified atom stereocenters. The fourth-order valence-electron chi connectivity index (χ4n) is 2.85. The lowest BCUT2D eigenvalue weighted by Crippen LogP contribution is -2.52. The van der Waals surface area contributed by atoms with Crippen molar-refractivity contribution in [2.45, 2.75) is 50.5 Å². The molecule has 0 aliphatic carbocycles. The maximum Gasteiger partial charge on any atom is 0.242 e. The van der Waals surface area contributed by atoms with Crippen LogP contribution in [0.4, 0.5) is 4.39 Å². The summed E-state index contributed by atoms with van der Waals surface area (Å²) in [7, 11) is -2.25. The van der Waals surface area contributed by atoms with E-state index in [4.69, 9.17) is 5.73 Å². The smallest absolute Gasteiger partial charge is 0.242 e. The van der Waals surface area contributed by atoms with E-state index in [1.807, 2.05) is 6.92 Å². The van der Waals surface area contributed by atoms with Crippen molar-refractivity contribution in [3.05, 3.63) is 30.1 Å². The van der Waals surface area contributed by atoms with Gasteiger partial charge in [-0.1, -0.05) is 13.8 Å². The van der Waals surface area contributed by atoms with E-state index in [9.17, 15) is 17.6 Å². The molecule has 0 bridgehead atoms. The average Bonchev–Trinajstić information content (AvgIpc) is 2.54. The Morgan fingerprint density at radius 1 is 1.30 bits per heavy atom. The summed E-state index contributed by atoms with van der Waals surface area (Å²) in [5, 5.41) is 2.95. The van der Waals surface area contributed by atoms with Gasteiger partial charge in [0.2, 0.25) is 15.9 Å². The van der Waals surface area contributed by atoms with Crippen LogP contribution in [-0.2, 0) is 14.8 Å². The van der Waals surface area contributed by atoms with E-state index in [0.717, 1.165) is 18.6 Å². The van der Waals surface area contributed by atoms with E-state index in [1.165, 1.54) is 23.5 Å². The van der Waals surface area contributed by atoms with Gasteiger partial charge in [0.15, 0.2) is 0 Å². The first-order valence-electron chi connectivity index (χ1n) is 8.73. The van der Waals surface area contributed by atoms with Crippen LogP contribution in [0.15, 0.2) is 29.2 Å². The Hall–Kier alpha value is -1.22. The summed E-state index contributed by atoms with van der Waals surface area (Å²) in [4.78, 5) is 12.2. The van der Waals surface area contributed by atoms with Gasteiger partial charge in [-0.15, -0.1) is 12.4 Å². The van der Waals surface area contributed by atoms with Crippen molar-refractivity contribution >= 4 is 28.3 Å². The van der Waals surface area contributed by atoms with Gasteiger partial charge in [-0.25, -0.2) is 17.1 Å². The van der Waals surface area contributed by atoms with Crippen LogP contribution in [0.25, 0.3) is 0 Å². The number of nitrogens with two attached hydrogens (primary N) is 1. The number of benzene rings is 1.